The average molecular weight is 1610 g/mol. The zero-order chi connectivity index (χ0) is 80.4. The second-order valence-electron chi connectivity index (χ2n) is 33.2. The van der Waals surface area contributed by atoms with Crippen LogP contribution < -0.4 is 0 Å². The first-order chi connectivity index (χ1) is 53.5. The van der Waals surface area contributed by atoms with Crippen LogP contribution in [0, 0.1) is 5.92 Å². The fourth-order valence-electron chi connectivity index (χ4n) is 14.4. The number of carbonyl (C=O) groups excluding carboxylic acids is 4. The van der Waals surface area contributed by atoms with Gasteiger partial charge in [-0.3, -0.25) is 37.3 Å². The molecule has 0 bridgehead atoms. The minimum absolute atomic E-state index is 0.109. The highest BCUT2D eigenvalue weighted by Crippen LogP contribution is 2.45. The molecular weight excluding hydrogens is 1430 g/mol. The number of aliphatic hydroxyl groups is 1. The van der Waals surface area contributed by atoms with Gasteiger partial charge in [0, 0.05) is 25.7 Å². The molecule has 0 fully saturated rings. The molecule has 0 aliphatic carbocycles. The van der Waals surface area contributed by atoms with Crippen molar-refractivity contribution in [2.24, 2.45) is 5.92 Å². The molecule has 0 spiro atoms. The lowest BCUT2D eigenvalue weighted by Gasteiger charge is -2.21. The number of phosphoric ester groups is 2. The number of unbranched alkanes of at least 4 members (excludes halogenated alkanes) is 63. The summed E-state index contributed by atoms with van der Waals surface area (Å²) in [7, 11) is -9.93. The average Bonchev–Trinajstić information content (AvgIpc) is 0.899. The molecule has 0 aliphatic heterocycles. The van der Waals surface area contributed by atoms with E-state index in [1.54, 1.807) is 0 Å². The summed E-state index contributed by atoms with van der Waals surface area (Å²) in [5.41, 5.74) is 0. The zero-order valence-corrected chi connectivity index (χ0v) is 74.2. The Labute approximate surface area is 677 Å². The van der Waals surface area contributed by atoms with Gasteiger partial charge in [-0.05, 0) is 31.6 Å². The molecule has 0 amide bonds. The smallest absolute Gasteiger partial charge is 0.462 e. The molecule has 0 aromatic rings. The molecule has 110 heavy (non-hydrogen) atoms. The Morgan fingerprint density at radius 1 is 0.245 bits per heavy atom. The maximum absolute atomic E-state index is 13.2. The van der Waals surface area contributed by atoms with E-state index in [0.29, 0.717) is 25.7 Å². The van der Waals surface area contributed by atoms with Crippen LogP contribution in [0.2, 0.25) is 0 Å². The van der Waals surface area contributed by atoms with Crippen LogP contribution in [0.4, 0.5) is 0 Å². The van der Waals surface area contributed by atoms with Gasteiger partial charge in [0.1, 0.15) is 19.3 Å². The quantitative estimate of drug-likeness (QED) is 0.0222. The number of rotatable bonds is 91. The number of aliphatic hydroxyl groups excluding tert-OH is 1. The molecule has 0 aromatic carbocycles. The van der Waals surface area contributed by atoms with Crippen molar-refractivity contribution in [3.05, 3.63) is 0 Å². The van der Waals surface area contributed by atoms with E-state index in [9.17, 15) is 43.2 Å². The molecule has 0 rings (SSSR count). The number of ether oxygens (including phenoxy) is 4. The Hall–Kier alpha value is -1.94. The van der Waals surface area contributed by atoms with E-state index >= 15 is 0 Å². The third kappa shape index (κ3) is 84.0. The van der Waals surface area contributed by atoms with Gasteiger partial charge in [-0.1, -0.05) is 446 Å². The van der Waals surface area contributed by atoms with Gasteiger partial charge in [0.2, 0.25) is 0 Å². The largest absolute Gasteiger partial charge is 0.472 e. The Balaban J connectivity index is 5.23. The third-order valence-corrected chi connectivity index (χ3v) is 23.4. The van der Waals surface area contributed by atoms with Crippen LogP contribution in [0.5, 0.6) is 0 Å². The summed E-state index contributed by atoms with van der Waals surface area (Å²) in [5.74, 6) is -1.37. The second-order valence-corrected chi connectivity index (χ2v) is 36.1. The highest BCUT2D eigenvalue weighted by atomic mass is 31.2. The lowest BCUT2D eigenvalue weighted by molar-refractivity contribution is -0.161. The number of hydrogen-bond donors (Lipinski definition) is 3. The molecule has 3 N–H and O–H groups in total. The van der Waals surface area contributed by atoms with Crippen LogP contribution >= 0.6 is 15.6 Å². The number of carbonyl (C=O) groups is 4. The molecule has 2 unspecified atom stereocenters. The van der Waals surface area contributed by atoms with Crippen LogP contribution in [-0.4, -0.2) is 96.7 Å². The molecule has 0 aliphatic rings. The second kappa shape index (κ2) is 83.5. The lowest BCUT2D eigenvalue weighted by Crippen LogP contribution is -2.30. The number of hydrogen-bond acceptors (Lipinski definition) is 15. The third-order valence-electron chi connectivity index (χ3n) is 21.5. The standard InChI is InChI=1S/C91H178O17P2/c1-6-9-12-15-18-21-24-27-30-33-36-37-40-43-46-49-52-55-62-67-71-76-90(95)107-86(80-101-88(93)74-69-64-59-53-50-47-44-41-38-34-31-28-25-22-19-16-13-10-7-2)82-105-109(97,98)103-78-85(92)79-104-110(99,100)106-83-87(81-102-89(94)75-70-65-60-57-56-58-63-68-73-84(4)5)108-91(96)77-72-66-61-54-51-48-45-42-39-35-32-29-26-23-20-17-14-11-8-3/h84-87,92H,6-83H2,1-5H3,(H,97,98)(H,99,100)/t85-,86-,87-/m1/s1. The van der Waals surface area contributed by atoms with Crippen molar-refractivity contribution >= 4 is 39.5 Å². The van der Waals surface area contributed by atoms with E-state index in [1.165, 1.54) is 321 Å². The van der Waals surface area contributed by atoms with Crippen molar-refractivity contribution in [1.29, 1.82) is 0 Å². The minimum Gasteiger partial charge on any atom is -0.462 e. The molecular formula is C91H178O17P2. The molecule has 0 radical (unpaired) electrons. The van der Waals surface area contributed by atoms with E-state index in [2.05, 4.69) is 34.6 Å². The van der Waals surface area contributed by atoms with Crippen LogP contribution in [0.25, 0.3) is 0 Å². The fraction of sp³-hybridized carbons (Fsp3) is 0.956. The Bertz CT molecular complexity index is 2080. The summed E-state index contributed by atoms with van der Waals surface area (Å²) in [6.07, 6.45) is 79.4. The van der Waals surface area contributed by atoms with E-state index in [1.807, 2.05) is 0 Å². The molecule has 654 valence electrons. The fourth-order valence-corrected chi connectivity index (χ4v) is 15.9. The Morgan fingerprint density at radius 3 is 0.618 bits per heavy atom. The highest BCUT2D eigenvalue weighted by Gasteiger charge is 2.31. The summed E-state index contributed by atoms with van der Waals surface area (Å²) in [4.78, 5) is 73.4. The van der Waals surface area contributed by atoms with E-state index in [4.69, 9.17) is 37.0 Å². The monoisotopic (exact) mass is 1610 g/mol. The summed E-state index contributed by atoms with van der Waals surface area (Å²) >= 11 is 0. The van der Waals surface area contributed by atoms with Crippen molar-refractivity contribution in [3.63, 3.8) is 0 Å². The first-order valence-corrected chi connectivity index (χ1v) is 50.1. The van der Waals surface area contributed by atoms with E-state index in [0.717, 1.165) is 95.8 Å². The van der Waals surface area contributed by atoms with Crippen molar-refractivity contribution in [3.8, 4) is 0 Å². The molecule has 19 heteroatoms. The van der Waals surface area contributed by atoms with Gasteiger partial charge in [-0.25, -0.2) is 9.13 Å². The van der Waals surface area contributed by atoms with Gasteiger partial charge in [0.15, 0.2) is 12.2 Å². The van der Waals surface area contributed by atoms with Gasteiger partial charge in [-0.15, -0.1) is 0 Å². The first kappa shape index (κ1) is 108. The highest BCUT2D eigenvalue weighted by molar-refractivity contribution is 7.47. The van der Waals surface area contributed by atoms with E-state index in [-0.39, 0.29) is 25.7 Å². The minimum atomic E-state index is -4.97. The Kier molecular flexibility index (Phi) is 82.1. The summed E-state index contributed by atoms with van der Waals surface area (Å²) in [5, 5.41) is 10.7. The molecule has 5 atom stereocenters. The topological polar surface area (TPSA) is 237 Å². The van der Waals surface area contributed by atoms with Gasteiger partial charge in [0.05, 0.1) is 26.4 Å². The van der Waals surface area contributed by atoms with Crippen LogP contribution in [0.3, 0.4) is 0 Å². The Morgan fingerprint density at radius 2 is 0.418 bits per heavy atom. The van der Waals surface area contributed by atoms with Gasteiger partial charge < -0.3 is 33.8 Å². The zero-order valence-electron chi connectivity index (χ0n) is 72.4. The summed E-state index contributed by atoms with van der Waals surface area (Å²) < 4.78 is 69.1. The van der Waals surface area contributed by atoms with Crippen molar-refractivity contribution < 1.29 is 80.2 Å². The summed E-state index contributed by atoms with van der Waals surface area (Å²) in [6, 6.07) is 0. The maximum atomic E-state index is 13.2. The molecule has 0 aromatic heterocycles. The molecule has 17 nitrogen and oxygen atoms in total. The van der Waals surface area contributed by atoms with Crippen molar-refractivity contribution in [2.75, 3.05) is 39.6 Å². The number of esters is 4. The van der Waals surface area contributed by atoms with Gasteiger partial charge >= 0.3 is 39.5 Å². The predicted molar refractivity (Wildman–Crippen MR) is 455 cm³/mol. The van der Waals surface area contributed by atoms with E-state index < -0.39 is 97.5 Å². The van der Waals surface area contributed by atoms with Gasteiger partial charge in [0.25, 0.3) is 0 Å². The molecule has 0 heterocycles. The maximum Gasteiger partial charge on any atom is 0.472 e. The van der Waals surface area contributed by atoms with Crippen LogP contribution in [0.1, 0.15) is 497 Å². The lowest BCUT2D eigenvalue weighted by atomic mass is 10.0. The van der Waals surface area contributed by atoms with Crippen LogP contribution in [-0.2, 0) is 65.4 Å². The predicted octanol–water partition coefficient (Wildman–Crippen LogP) is 28.3. The normalized spacial score (nSPS) is 13.7. The number of phosphoric acid groups is 2. The molecule has 0 saturated heterocycles. The van der Waals surface area contributed by atoms with Gasteiger partial charge in [-0.2, -0.15) is 0 Å². The van der Waals surface area contributed by atoms with Crippen molar-refractivity contribution in [2.45, 2.75) is 515 Å². The SMILES string of the molecule is CCCCCCCCCCCCCCCCCCCCCCCC(=O)O[C@H](COC(=O)CCCCCCCCCCCCCCCCCCCCC)COP(=O)(O)OC[C@@H](O)COP(=O)(O)OC[C@@H](COC(=O)CCCCCCCCCCC(C)C)OC(=O)CCCCCCCCCCCCCCCCCCCCC. The summed E-state index contributed by atoms with van der Waals surface area (Å²) in [6.45, 7) is 7.36. The molecule has 0 saturated carbocycles. The van der Waals surface area contributed by atoms with Crippen LogP contribution in [0.15, 0.2) is 0 Å². The first-order valence-electron chi connectivity index (χ1n) is 47.1. The van der Waals surface area contributed by atoms with Crippen molar-refractivity contribution in [1.82, 2.24) is 0 Å².